The van der Waals surface area contributed by atoms with Crippen LogP contribution in [-0.4, -0.2) is 41.0 Å². The van der Waals surface area contributed by atoms with Crippen LogP contribution in [0.3, 0.4) is 0 Å². The van der Waals surface area contributed by atoms with Crippen LogP contribution in [0.2, 0.25) is 0 Å². The van der Waals surface area contributed by atoms with Gasteiger partial charge in [-0.25, -0.2) is 0 Å². The molecule has 35 heavy (non-hydrogen) atoms. The van der Waals surface area contributed by atoms with Crippen LogP contribution < -0.4 is 19.3 Å². The summed E-state index contributed by atoms with van der Waals surface area (Å²) in [7, 11) is 0. The Hall–Kier alpha value is -3.36. The number of aliphatic hydroxyl groups is 1. The molecule has 3 aliphatic rings. The number of benzene rings is 2. The van der Waals surface area contributed by atoms with Crippen LogP contribution in [0.4, 0.5) is 24.5 Å². The molecule has 2 heterocycles. The van der Waals surface area contributed by atoms with Crippen molar-refractivity contribution in [3.05, 3.63) is 47.5 Å². The molecular weight excluding hydrogens is 483 g/mol. The van der Waals surface area contributed by atoms with Crippen LogP contribution in [0.25, 0.3) is 0 Å². The van der Waals surface area contributed by atoms with Gasteiger partial charge in [-0.1, -0.05) is 12.8 Å². The maximum absolute atomic E-state index is 13.8. The van der Waals surface area contributed by atoms with Gasteiger partial charge in [-0.2, -0.15) is 18.4 Å². The van der Waals surface area contributed by atoms with Gasteiger partial charge in [0.25, 0.3) is 5.91 Å². The largest absolute Gasteiger partial charge is 0.486 e. The minimum absolute atomic E-state index is 0.0385. The second kappa shape index (κ2) is 8.39. The summed E-state index contributed by atoms with van der Waals surface area (Å²) < 4.78 is 52.2. The highest BCUT2D eigenvalue weighted by Crippen LogP contribution is 2.48. The summed E-state index contributed by atoms with van der Waals surface area (Å²) in [6.45, 7) is -0.0481. The number of aliphatic hydroxyl groups excluding tert-OH is 1. The first-order valence-corrected chi connectivity index (χ1v) is 11.4. The fourth-order valence-corrected chi connectivity index (χ4v) is 5.46. The van der Waals surface area contributed by atoms with Crippen molar-refractivity contribution in [3.63, 3.8) is 0 Å². The van der Waals surface area contributed by atoms with Crippen molar-refractivity contribution in [2.24, 2.45) is 0 Å². The van der Waals surface area contributed by atoms with E-state index in [4.69, 9.17) is 27.0 Å². The summed E-state index contributed by atoms with van der Waals surface area (Å²) in [5.41, 5.74) is -2.16. The predicted molar refractivity (Wildman–Crippen MR) is 123 cm³/mol. The van der Waals surface area contributed by atoms with Gasteiger partial charge >= 0.3 is 6.18 Å². The summed E-state index contributed by atoms with van der Waals surface area (Å²) in [5, 5.41) is 18.5. The van der Waals surface area contributed by atoms with E-state index >= 15 is 0 Å². The Morgan fingerprint density at radius 1 is 1.14 bits per heavy atom. The molecule has 0 bridgehead atoms. The molecule has 5 rings (SSSR count). The van der Waals surface area contributed by atoms with Crippen LogP contribution >= 0.6 is 12.2 Å². The summed E-state index contributed by atoms with van der Waals surface area (Å²) in [4.78, 5) is 16.6. The molecule has 1 N–H and O–H groups in total. The second-order valence-corrected chi connectivity index (χ2v) is 9.07. The van der Waals surface area contributed by atoms with Crippen LogP contribution in [0.1, 0.15) is 36.8 Å². The molecule has 1 saturated carbocycles. The summed E-state index contributed by atoms with van der Waals surface area (Å²) in [6.07, 6.45) is -2.74. The van der Waals surface area contributed by atoms with E-state index in [0.29, 0.717) is 30.0 Å². The number of halogens is 3. The number of carbonyl (C=O) groups excluding carboxylic acids is 1. The van der Waals surface area contributed by atoms with Crippen molar-refractivity contribution in [2.75, 3.05) is 23.0 Å². The molecule has 7 nitrogen and oxygen atoms in total. The lowest BCUT2D eigenvalue weighted by atomic mass is 9.94. The number of rotatable bonds is 3. The van der Waals surface area contributed by atoms with Gasteiger partial charge < -0.3 is 19.5 Å². The number of carbonyl (C=O) groups is 1. The molecule has 1 saturated heterocycles. The minimum atomic E-state index is -4.77. The Bertz CT molecular complexity index is 1250. The number of nitriles is 1. The van der Waals surface area contributed by atoms with E-state index < -0.39 is 34.9 Å². The van der Waals surface area contributed by atoms with Gasteiger partial charge in [0.2, 0.25) is 0 Å². The molecule has 2 fully saturated rings. The minimum Gasteiger partial charge on any atom is -0.486 e. The zero-order valence-corrected chi connectivity index (χ0v) is 19.2. The fraction of sp³-hybridized carbons (Fsp3) is 0.375. The number of fused-ring (bicyclic) bond motifs is 1. The highest BCUT2D eigenvalue weighted by atomic mass is 32.1. The van der Waals surface area contributed by atoms with Gasteiger partial charge in [0.1, 0.15) is 12.1 Å². The number of thiocarbonyl (C=S) groups is 1. The lowest BCUT2D eigenvalue weighted by Crippen LogP contribution is -2.47. The Morgan fingerprint density at radius 2 is 1.86 bits per heavy atom. The SMILES string of the molecule is N#Cc1ccc(N2C(=O)C3(CCCC3)N(c3ccc4c(c3)OC[C@@H](CO)O4)C2=S)cc1C(F)(F)F. The molecule has 1 aliphatic carbocycles. The molecule has 0 unspecified atom stereocenters. The number of alkyl halides is 3. The number of anilines is 2. The third kappa shape index (κ3) is 3.68. The van der Waals surface area contributed by atoms with E-state index in [1.807, 2.05) is 0 Å². The fourth-order valence-electron chi connectivity index (χ4n) is 4.99. The quantitative estimate of drug-likeness (QED) is 0.630. The van der Waals surface area contributed by atoms with Gasteiger partial charge in [-0.3, -0.25) is 9.69 Å². The normalized spacial score (nSPS) is 21.1. The van der Waals surface area contributed by atoms with Gasteiger partial charge in [0, 0.05) is 11.8 Å². The Kier molecular flexibility index (Phi) is 5.61. The highest BCUT2D eigenvalue weighted by molar-refractivity contribution is 7.81. The van der Waals surface area contributed by atoms with E-state index in [0.717, 1.165) is 29.9 Å². The van der Waals surface area contributed by atoms with Crippen LogP contribution in [-0.2, 0) is 11.0 Å². The first kappa shape index (κ1) is 23.4. The number of nitrogens with zero attached hydrogens (tertiary/aromatic N) is 3. The summed E-state index contributed by atoms with van der Waals surface area (Å²) in [6, 6.07) is 9.78. The van der Waals surface area contributed by atoms with E-state index in [-0.39, 0.29) is 24.0 Å². The molecule has 1 atom stereocenters. The van der Waals surface area contributed by atoms with Crippen molar-refractivity contribution < 1.29 is 32.5 Å². The molecule has 182 valence electrons. The topological polar surface area (TPSA) is 86.0 Å². The lowest BCUT2D eigenvalue weighted by Gasteiger charge is -2.33. The average Bonchev–Trinajstić information content (AvgIpc) is 3.41. The second-order valence-electron chi connectivity index (χ2n) is 8.70. The zero-order chi connectivity index (χ0) is 25.0. The lowest BCUT2D eigenvalue weighted by molar-refractivity contribution is -0.137. The van der Waals surface area contributed by atoms with Gasteiger partial charge in [-0.15, -0.1) is 0 Å². The Labute approximate surface area is 204 Å². The van der Waals surface area contributed by atoms with Crippen LogP contribution in [0, 0.1) is 11.3 Å². The third-order valence-corrected chi connectivity index (χ3v) is 7.00. The molecule has 2 aromatic carbocycles. The number of hydrogen-bond acceptors (Lipinski definition) is 6. The molecule has 0 aromatic heterocycles. The smallest absolute Gasteiger partial charge is 0.417 e. The van der Waals surface area contributed by atoms with Gasteiger partial charge in [0.15, 0.2) is 22.7 Å². The monoisotopic (exact) mass is 503 g/mol. The molecule has 1 amide bonds. The predicted octanol–water partition coefficient (Wildman–Crippen LogP) is 4.16. The maximum atomic E-state index is 13.8. The average molecular weight is 504 g/mol. The molecule has 0 radical (unpaired) electrons. The van der Waals surface area contributed by atoms with Crippen molar-refractivity contribution in [1.29, 1.82) is 5.26 Å². The van der Waals surface area contributed by atoms with Crippen molar-refractivity contribution in [2.45, 2.75) is 43.5 Å². The van der Waals surface area contributed by atoms with Gasteiger partial charge in [-0.05, 0) is 55.4 Å². The summed E-state index contributed by atoms with van der Waals surface area (Å²) >= 11 is 5.68. The van der Waals surface area contributed by atoms with Crippen LogP contribution in [0.5, 0.6) is 11.5 Å². The van der Waals surface area contributed by atoms with Gasteiger partial charge in [0.05, 0.1) is 29.5 Å². The first-order valence-electron chi connectivity index (χ1n) is 11.0. The van der Waals surface area contributed by atoms with E-state index in [1.54, 1.807) is 29.2 Å². The van der Waals surface area contributed by atoms with Crippen molar-refractivity contribution >= 4 is 34.6 Å². The highest BCUT2D eigenvalue weighted by Gasteiger charge is 2.57. The van der Waals surface area contributed by atoms with E-state index in [2.05, 4.69) is 0 Å². The standard InChI is InChI=1S/C24H20F3N3O4S/c25-24(26,27)18-9-15(4-3-14(18)11-28)29-21(32)23(7-1-2-8-23)30(22(29)35)16-5-6-19-20(10-16)33-13-17(12-31)34-19/h3-6,9-10,17,31H,1-2,7-8,12-13H2/t17-/m1/s1. The number of hydrogen-bond donors (Lipinski definition) is 1. The van der Waals surface area contributed by atoms with Crippen LogP contribution in [0.15, 0.2) is 36.4 Å². The molecular formula is C24H20F3N3O4S. The maximum Gasteiger partial charge on any atom is 0.417 e. The Balaban J connectivity index is 1.58. The van der Waals surface area contributed by atoms with E-state index in [9.17, 15) is 23.1 Å². The molecule has 2 aliphatic heterocycles. The Morgan fingerprint density at radius 3 is 2.51 bits per heavy atom. The summed E-state index contributed by atoms with van der Waals surface area (Å²) in [5.74, 6) is 0.467. The first-order chi connectivity index (χ1) is 16.7. The van der Waals surface area contributed by atoms with Crippen molar-refractivity contribution in [1.82, 2.24) is 0 Å². The number of amides is 1. The molecule has 2 aromatic rings. The zero-order valence-electron chi connectivity index (χ0n) is 18.3. The number of ether oxygens (including phenoxy) is 2. The van der Waals surface area contributed by atoms with Crippen molar-refractivity contribution in [3.8, 4) is 17.6 Å². The third-order valence-electron chi connectivity index (χ3n) is 6.64. The van der Waals surface area contributed by atoms with E-state index in [1.165, 1.54) is 6.07 Å². The molecule has 11 heteroatoms. The molecule has 1 spiro atoms.